The summed E-state index contributed by atoms with van der Waals surface area (Å²) in [7, 11) is 1.62. The summed E-state index contributed by atoms with van der Waals surface area (Å²) in [5, 5.41) is 13.6. The van der Waals surface area contributed by atoms with Crippen molar-refractivity contribution in [2.45, 2.75) is 117 Å². The standard InChI is InChI=1S/C40H61NO10/c1-34-11-12-35(2,33(45)46)25-27(34)26-24-28(42)31-37(4,36(26,3)14-13-34)15-16-40-38(31,5)10-8-29(39(40,6)32(44)41-40)51-30(43)9-17-48-20-21-50-23-22-49-19-18-47-7/h24,27,29,31H,8-23,25H2,1-7H3,(H,41,44)(H,45,46)/t27?,29-,31-,34?,35-,36+,37?,38?,39-,40-/m0/s1. The molecule has 5 fully saturated rings. The number of allylic oxidation sites excluding steroid dienone is 2. The van der Waals surface area contributed by atoms with Gasteiger partial charge in [0.15, 0.2) is 5.78 Å². The first kappa shape index (κ1) is 38.4. The van der Waals surface area contributed by atoms with E-state index in [2.05, 4.69) is 33.0 Å². The number of ketones is 1. The van der Waals surface area contributed by atoms with Gasteiger partial charge in [-0.3, -0.25) is 19.2 Å². The Morgan fingerprint density at radius 2 is 1.43 bits per heavy atom. The Kier molecular flexibility index (Phi) is 10.2. The molecule has 0 aromatic heterocycles. The molecule has 1 amide bonds. The molecule has 10 atom stereocenters. The van der Waals surface area contributed by atoms with Crippen LogP contribution in [0.3, 0.4) is 0 Å². The smallest absolute Gasteiger partial charge is 0.309 e. The second kappa shape index (κ2) is 13.5. The SMILES string of the molecule is COCCOCCOCCOCCC(=O)O[C@H]1CCC2(C)[C@H]3C(=O)C=C4C5C[C@@](C)(C(=O)O)CCC5(C)CC[C@@]4(C)C3(C)CC[C@]23NC(=O)[C@]13C. The average Bonchev–Trinajstić information content (AvgIpc) is 3.07. The van der Waals surface area contributed by atoms with Gasteiger partial charge >= 0.3 is 11.9 Å². The Bertz CT molecular complexity index is 1450. The number of carboxylic acid groups (broad SMARTS) is 1. The van der Waals surface area contributed by atoms with Crippen molar-refractivity contribution in [3.05, 3.63) is 11.6 Å². The molecular formula is C40H61NO10. The molecule has 2 N–H and O–H groups in total. The predicted octanol–water partition coefficient (Wildman–Crippen LogP) is 5.28. The zero-order valence-corrected chi connectivity index (χ0v) is 32.0. The Balaban J connectivity index is 1.15. The van der Waals surface area contributed by atoms with E-state index in [-0.39, 0.29) is 52.8 Å². The third kappa shape index (κ3) is 5.65. The topological polar surface area (TPSA) is 147 Å². The molecule has 0 radical (unpaired) electrons. The molecule has 0 bridgehead atoms. The van der Waals surface area contributed by atoms with Crippen LogP contribution >= 0.6 is 0 Å². The average molecular weight is 716 g/mol. The zero-order valence-electron chi connectivity index (χ0n) is 32.0. The lowest BCUT2D eigenvalue weighted by molar-refractivity contribution is -0.255. The first-order chi connectivity index (χ1) is 24.0. The van der Waals surface area contributed by atoms with Gasteiger partial charge in [0.05, 0.1) is 63.6 Å². The summed E-state index contributed by atoms with van der Waals surface area (Å²) in [6, 6.07) is 0. The van der Waals surface area contributed by atoms with E-state index in [4.69, 9.17) is 23.7 Å². The summed E-state index contributed by atoms with van der Waals surface area (Å²) < 4.78 is 27.5. The van der Waals surface area contributed by atoms with E-state index in [1.165, 1.54) is 0 Å². The summed E-state index contributed by atoms with van der Waals surface area (Å²) in [5.41, 5.74) is -2.49. The highest BCUT2D eigenvalue weighted by Gasteiger charge is 2.82. The monoisotopic (exact) mass is 715 g/mol. The number of β-lactam (4-membered cyclic amide) rings is 1. The van der Waals surface area contributed by atoms with Gasteiger partial charge in [-0.15, -0.1) is 0 Å². The summed E-state index contributed by atoms with van der Waals surface area (Å²) in [5.74, 6) is -1.44. The maximum absolute atomic E-state index is 14.7. The van der Waals surface area contributed by atoms with Crippen LogP contribution in [0.15, 0.2) is 11.6 Å². The fourth-order valence-electron chi connectivity index (χ4n) is 12.1. The molecule has 1 heterocycles. The van der Waals surface area contributed by atoms with Gasteiger partial charge in [-0.2, -0.15) is 0 Å². The van der Waals surface area contributed by atoms with E-state index >= 15 is 0 Å². The zero-order chi connectivity index (χ0) is 37.1. The van der Waals surface area contributed by atoms with Crippen molar-refractivity contribution >= 4 is 23.6 Å². The molecular weight excluding hydrogens is 654 g/mol. The van der Waals surface area contributed by atoms with Crippen LogP contribution in [0.1, 0.15) is 106 Å². The van der Waals surface area contributed by atoms with E-state index in [0.29, 0.717) is 71.7 Å². The van der Waals surface area contributed by atoms with Gasteiger partial charge in [0, 0.05) is 18.4 Å². The highest BCUT2D eigenvalue weighted by Crippen LogP contribution is 2.77. The second-order valence-corrected chi connectivity index (χ2v) is 18.0. The molecule has 4 saturated carbocycles. The molecule has 1 spiro atoms. The summed E-state index contributed by atoms with van der Waals surface area (Å²) in [6.07, 6.45) is 8.02. The lowest BCUT2D eigenvalue weighted by Gasteiger charge is -2.77. The summed E-state index contributed by atoms with van der Waals surface area (Å²) in [6.45, 7) is 15.9. The largest absolute Gasteiger partial charge is 0.481 e. The minimum Gasteiger partial charge on any atom is -0.481 e. The molecule has 6 rings (SSSR count). The maximum atomic E-state index is 14.7. The summed E-state index contributed by atoms with van der Waals surface area (Å²) in [4.78, 5) is 53.9. The van der Waals surface area contributed by atoms with Gasteiger partial charge in [-0.1, -0.05) is 33.3 Å². The number of fused-ring (bicyclic) bond motifs is 6. The van der Waals surface area contributed by atoms with Crippen molar-refractivity contribution in [2.24, 2.45) is 44.3 Å². The first-order valence-electron chi connectivity index (χ1n) is 19.2. The minimum absolute atomic E-state index is 0.0235. The van der Waals surface area contributed by atoms with Crippen molar-refractivity contribution in [3.63, 3.8) is 0 Å². The van der Waals surface area contributed by atoms with E-state index in [9.17, 15) is 24.3 Å². The van der Waals surface area contributed by atoms with Gasteiger partial charge in [-0.25, -0.2) is 0 Å². The van der Waals surface area contributed by atoms with Crippen LogP contribution in [0.5, 0.6) is 0 Å². The number of carbonyl (C=O) groups is 4. The lowest BCUT2D eigenvalue weighted by Crippen LogP contribution is -2.89. The van der Waals surface area contributed by atoms with Gasteiger partial charge < -0.3 is 34.1 Å². The van der Waals surface area contributed by atoms with Crippen molar-refractivity contribution in [1.82, 2.24) is 5.32 Å². The number of carbonyl (C=O) groups excluding carboxylic acids is 3. The third-order valence-corrected chi connectivity index (χ3v) is 15.7. The van der Waals surface area contributed by atoms with Gasteiger partial charge in [0.2, 0.25) is 5.91 Å². The predicted molar refractivity (Wildman–Crippen MR) is 188 cm³/mol. The number of ether oxygens (including phenoxy) is 5. The fraction of sp³-hybridized carbons (Fsp3) is 0.850. The normalized spacial score (nSPS) is 44.0. The number of aliphatic carboxylic acids is 1. The van der Waals surface area contributed by atoms with Crippen molar-refractivity contribution in [2.75, 3.05) is 53.4 Å². The molecule has 0 aromatic carbocycles. The van der Waals surface area contributed by atoms with Crippen LogP contribution in [0.2, 0.25) is 0 Å². The Hall–Kier alpha value is -2.34. The number of carboxylic acids is 1. The molecule has 5 aliphatic carbocycles. The molecule has 4 unspecified atom stereocenters. The fourth-order valence-corrected chi connectivity index (χ4v) is 12.1. The Morgan fingerprint density at radius 3 is 2.06 bits per heavy atom. The molecule has 11 heteroatoms. The third-order valence-electron chi connectivity index (χ3n) is 15.7. The second-order valence-electron chi connectivity index (χ2n) is 18.0. The molecule has 11 nitrogen and oxygen atoms in total. The number of nitrogens with one attached hydrogen (secondary N) is 1. The van der Waals surface area contributed by atoms with E-state index in [1.54, 1.807) is 7.11 Å². The van der Waals surface area contributed by atoms with Crippen LogP contribution in [0.4, 0.5) is 0 Å². The number of esters is 1. The molecule has 286 valence electrons. The number of methoxy groups -OCH3 is 1. The first-order valence-corrected chi connectivity index (χ1v) is 19.2. The number of hydrogen-bond donors (Lipinski definition) is 2. The Morgan fingerprint density at radius 1 is 0.804 bits per heavy atom. The number of rotatable bonds is 14. The van der Waals surface area contributed by atoms with Gasteiger partial charge in [-0.05, 0) is 99.9 Å². The lowest BCUT2D eigenvalue weighted by atomic mass is 9.30. The van der Waals surface area contributed by atoms with Crippen molar-refractivity contribution < 1.29 is 48.0 Å². The number of amides is 1. The van der Waals surface area contributed by atoms with Crippen LogP contribution in [0.25, 0.3) is 0 Å². The van der Waals surface area contributed by atoms with Crippen molar-refractivity contribution in [3.8, 4) is 0 Å². The minimum atomic E-state index is -0.958. The maximum Gasteiger partial charge on any atom is 0.309 e. The van der Waals surface area contributed by atoms with Gasteiger partial charge in [0.25, 0.3) is 0 Å². The molecule has 0 aromatic rings. The van der Waals surface area contributed by atoms with Gasteiger partial charge in [0.1, 0.15) is 11.5 Å². The highest BCUT2D eigenvalue weighted by atomic mass is 16.6. The van der Waals surface area contributed by atoms with E-state index in [1.807, 2.05) is 19.9 Å². The molecule has 51 heavy (non-hydrogen) atoms. The summed E-state index contributed by atoms with van der Waals surface area (Å²) >= 11 is 0. The molecule has 1 saturated heterocycles. The molecule has 6 aliphatic rings. The van der Waals surface area contributed by atoms with E-state index in [0.717, 1.165) is 31.3 Å². The van der Waals surface area contributed by atoms with E-state index < -0.39 is 39.8 Å². The quantitative estimate of drug-likeness (QED) is 0.138. The van der Waals surface area contributed by atoms with Crippen LogP contribution in [-0.4, -0.2) is 93.7 Å². The van der Waals surface area contributed by atoms with Crippen LogP contribution in [-0.2, 0) is 42.9 Å². The highest BCUT2D eigenvalue weighted by molar-refractivity contribution is 5.98. The number of hydrogen-bond acceptors (Lipinski definition) is 9. The van der Waals surface area contributed by atoms with Crippen LogP contribution < -0.4 is 5.32 Å². The van der Waals surface area contributed by atoms with Crippen molar-refractivity contribution in [1.29, 1.82) is 0 Å². The van der Waals surface area contributed by atoms with Crippen LogP contribution in [0, 0.1) is 44.3 Å². The molecule has 1 aliphatic heterocycles. The Labute approximate surface area is 303 Å².